The van der Waals surface area contributed by atoms with Crippen molar-refractivity contribution in [1.82, 2.24) is 5.32 Å². The molecule has 0 saturated carbocycles. The Kier molecular flexibility index (Phi) is 5.85. The zero-order valence-corrected chi connectivity index (χ0v) is 14.0. The first-order chi connectivity index (χ1) is 10.5. The van der Waals surface area contributed by atoms with Gasteiger partial charge in [0.25, 0.3) is 0 Å². The van der Waals surface area contributed by atoms with Crippen LogP contribution in [0.2, 0.25) is 5.02 Å². The second-order valence-electron chi connectivity index (χ2n) is 5.37. The lowest BCUT2D eigenvalue weighted by atomic mass is 10.2. The summed E-state index contributed by atoms with van der Waals surface area (Å²) in [7, 11) is 0. The lowest BCUT2D eigenvalue weighted by molar-refractivity contribution is -0.122. The summed E-state index contributed by atoms with van der Waals surface area (Å²) in [6.07, 6.45) is 0.0857. The highest BCUT2D eigenvalue weighted by Crippen LogP contribution is 2.25. The van der Waals surface area contributed by atoms with Crippen LogP contribution in [0.4, 0.5) is 5.69 Å². The van der Waals surface area contributed by atoms with Gasteiger partial charge in [0.1, 0.15) is 5.25 Å². The van der Waals surface area contributed by atoms with E-state index in [1.165, 1.54) is 11.8 Å². The number of halogens is 1. The van der Waals surface area contributed by atoms with E-state index >= 15 is 0 Å². The number of para-hydroxylation sites is 1. The van der Waals surface area contributed by atoms with Crippen LogP contribution in [0.1, 0.15) is 20.3 Å². The molecule has 1 fully saturated rings. The molecule has 5 nitrogen and oxygen atoms in total. The third-order valence-electron chi connectivity index (χ3n) is 2.90. The van der Waals surface area contributed by atoms with Gasteiger partial charge in [-0.05, 0) is 18.1 Å². The van der Waals surface area contributed by atoms with E-state index in [0.29, 0.717) is 28.3 Å². The minimum absolute atomic E-state index is 0.0857. The molecule has 0 aromatic heterocycles. The number of nitrogens with one attached hydrogen (secondary N) is 2. The van der Waals surface area contributed by atoms with Gasteiger partial charge in [-0.15, -0.1) is 0 Å². The second-order valence-corrected chi connectivity index (χ2v) is 6.97. The number of amides is 2. The van der Waals surface area contributed by atoms with E-state index in [4.69, 9.17) is 11.6 Å². The van der Waals surface area contributed by atoms with Crippen molar-refractivity contribution in [3.63, 3.8) is 0 Å². The molecule has 2 rings (SSSR count). The molecule has 1 aromatic carbocycles. The molecule has 0 radical (unpaired) electrons. The van der Waals surface area contributed by atoms with Gasteiger partial charge in [0.15, 0.2) is 5.17 Å². The molecule has 7 heteroatoms. The van der Waals surface area contributed by atoms with Crippen LogP contribution in [0.25, 0.3) is 0 Å². The number of benzene rings is 1. The number of anilines is 1. The minimum atomic E-state index is -0.451. The number of nitrogens with zero attached hydrogens (tertiary/aromatic N) is 1. The molecule has 1 aliphatic rings. The average molecular weight is 340 g/mol. The van der Waals surface area contributed by atoms with E-state index in [0.717, 1.165) is 0 Å². The molecule has 118 valence electrons. The summed E-state index contributed by atoms with van der Waals surface area (Å²) in [5.41, 5.74) is 0.547. The predicted octanol–water partition coefficient (Wildman–Crippen LogP) is 2.91. The van der Waals surface area contributed by atoms with Crippen molar-refractivity contribution in [2.45, 2.75) is 25.5 Å². The van der Waals surface area contributed by atoms with Crippen LogP contribution in [-0.2, 0) is 9.59 Å². The highest BCUT2D eigenvalue weighted by molar-refractivity contribution is 8.15. The number of carbonyl (C=O) groups is 2. The van der Waals surface area contributed by atoms with Gasteiger partial charge in [-0.3, -0.25) is 14.6 Å². The Balaban J connectivity index is 1.91. The summed E-state index contributed by atoms with van der Waals surface area (Å²) >= 11 is 7.29. The number of carbonyl (C=O) groups excluding carboxylic acids is 2. The van der Waals surface area contributed by atoms with Gasteiger partial charge >= 0.3 is 0 Å². The highest BCUT2D eigenvalue weighted by Gasteiger charge is 2.32. The molecule has 1 atom stereocenters. The SMILES string of the molecule is CC(C)CN=C1NC(=O)[C@@H](CC(=O)Nc2ccccc2Cl)S1. The molecular weight excluding hydrogens is 322 g/mol. The lowest BCUT2D eigenvalue weighted by Crippen LogP contribution is -2.28. The molecule has 2 amide bonds. The molecule has 22 heavy (non-hydrogen) atoms. The molecular formula is C15H18ClN3O2S. The third-order valence-corrected chi connectivity index (χ3v) is 4.34. The highest BCUT2D eigenvalue weighted by atomic mass is 35.5. The Bertz CT molecular complexity index is 604. The first-order valence-electron chi connectivity index (χ1n) is 7.02. The summed E-state index contributed by atoms with van der Waals surface area (Å²) in [6, 6.07) is 6.99. The van der Waals surface area contributed by atoms with E-state index in [1.54, 1.807) is 24.3 Å². The van der Waals surface area contributed by atoms with Gasteiger partial charge in [-0.25, -0.2) is 0 Å². The number of amidine groups is 1. The summed E-state index contributed by atoms with van der Waals surface area (Å²) in [5.74, 6) is 0.000229. The molecule has 1 aromatic rings. The van der Waals surface area contributed by atoms with Crippen LogP contribution >= 0.6 is 23.4 Å². The van der Waals surface area contributed by atoms with Gasteiger partial charge in [0.2, 0.25) is 11.8 Å². The van der Waals surface area contributed by atoms with Gasteiger partial charge in [0, 0.05) is 13.0 Å². The van der Waals surface area contributed by atoms with Gasteiger partial charge in [-0.1, -0.05) is 49.3 Å². The van der Waals surface area contributed by atoms with Crippen LogP contribution in [0, 0.1) is 5.92 Å². The maximum Gasteiger partial charge on any atom is 0.240 e. The Labute approximate surface area is 138 Å². The Morgan fingerprint density at radius 1 is 1.45 bits per heavy atom. The molecule has 0 unspecified atom stereocenters. The van der Waals surface area contributed by atoms with Crippen molar-refractivity contribution in [2.75, 3.05) is 11.9 Å². The van der Waals surface area contributed by atoms with E-state index in [1.807, 2.05) is 0 Å². The fraction of sp³-hybridized carbons (Fsp3) is 0.400. The molecule has 0 bridgehead atoms. The number of hydrogen-bond donors (Lipinski definition) is 2. The minimum Gasteiger partial charge on any atom is -0.325 e. The topological polar surface area (TPSA) is 70.6 Å². The summed E-state index contributed by atoms with van der Waals surface area (Å²) in [4.78, 5) is 28.2. The van der Waals surface area contributed by atoms with Gasteiger partial charge < -0.3 is 10.6 Å². The Morgan fingerprint density at radius 2 is 2.18 bits per heavy atom. The number of rotatable bonds is 5. The molecule has 1 saturated heterocycles. The van der Waals surface area contributed by atoms with Crippen LogP contribution in [0.5, 0.6) is 0 Å². The lowest BCUT2D eigenvalue weighted by Gasteiger charge is -2.08. The van der Waals surface area contributed by atoms with Crippen LogP contribution in [0.3, 0.4) is 0 Å². The largest absolute Gasteiger partial charge is 0.325 e. The van der Waals surface area contributed by atoms with Gasteiger partial charge in [0.05, 0.1) is 10.7 Å². The van der Waals surface area contributed by atoms with Crippen molar-refractivity contribution < 1.29 is 9.59 Å². The first-order valence-corrected chi connectivity index (χ1v) is 8.28. The smallest absolute Gasteiger partial charge is 0.240 e. The maximum atomic E-state index is 12.0. The van der Waals surface area contributed by atoms with Crippen molar-refractivity contribution in [3.05, 3.63) is 29.3 Å². The van der Waals surface area contributed by atoms with Crippen molar-refractivity contribution in [2.24, 2.45) is 10.9 Å². The van der Waals surface area contributed by atoms with E-state index in [9.17, 15) is 9.59 Å². The summed E-state index contributed by atoms with van der Waals surface area (Å²) in [5, 5.41) is 6.04. The third kappa shape index (κ3) is 4.74. The summed E-state index contributed by atoms with van der Waals surface area (Å²) < 4.78 is 0. The number of hydrogen-bond acceptors (Lipinski definition) is 4. The second kappa shape index (κ2) is 7.65. The van der Waals surface area contributed by atoms with Crippen LogP contribution in [-0.4, -0.2) is 28.8 Å². The maximum absolute atomic E-state index is 12.0. The van der Waals surface area contributed by atoms with E-state index in [-0.39, 0.29) is 18.2 Å². The standard InChI is InChI=1S/C15H18ClN3O2S/c1-9(2)8-17-15-19-14(21)12(22-15)7-13(20)18-11-6-4-3-5-10(11)16/h3-6,9,12H,7-8H2,1-2H3,(H,18,20)(H,17,19,21)/t12-/m1/s1. The first kappa shape index (κ1) is 16.8. The normalized spacial score (nSPS) is 19.5. The van der Waals surface area contributed by atoms with Crippen molar-refractivity contribution in [3.8, 4) is 0 Å². The molecule has 2 N–H and O–H groups in total. The fourth-order valence-electron chi connectivity index (χ4n) is 1.81. The van der Waals surface area contributed by atoms with E-state index in [2.05, 4.69) is 29.5 Å². The number of thioether (sulfide) groups is 1. The van der Waals surface area contributed by atoms with Gasteiger partial charge in [-0.2, -0.15) is 0 Å². The Hall–Kier alpha value is -1.53. The van der Waals surface area contributed by atoms with E-state index < -0.39 is 5.25 Å². The quantitative estimate of drug-likeness (QED) is 0.866. The summed E-state index contributed by atoms with van der Waals surface area (Å²) in [6.45, 7) is 4.77. The van der Waals surface area contributed by atoms with Crippen molar-refractivity contribution >= 4 is 46.0 Å². The average Bonchev–Trinajstić information content (AvgIpc) is 2.79. The van der Waals surface area contributed by atoms with Crippen LogP contribution < -0.4 is 10.6 Å². The van der Waals surface area contributed by atoms with Crippen LogP contribution in [0.15, 0.2) is 29.3 Å². The monoisotopic (exact) mass is 339 g/mol. The molecule has 0 aliphatic carbocycles. The zero-order valence-electron chi connectivity index (χ0n) is 12.4. The number of aliphatic imine (C=N–C) groups is 1. The molecule has 1 aliphatic heterocycles. The predicted molar refractivity (Wildman–Crippen MR) is 91.4 cm³/mol. The zero-order chi connectivity index (χ0) is 16.1. The molecule has 0 spiro atoms. The molecule has 1 heterocycles. The van der Waals surface area contributed by atoms with Crippen molar-refractivity contribution in [1.29, 1.82) is 0 Å². The fourth-order valence-corrected chi connectivity index (χ4v) is 2.97. The Morgan fingerprint density at radius 3 is 2.86 bits per heavy atom.